The fraction of sp³-hybridized carbons (Fsp3) is 0.333. The van der Waals surface area contributed by atoms with E-state index in [1.165, 1.54) is 0 Å². The lowest BCUT2D eigenvalue weighted by molar-refractivity contribution is 0.147. The molecule has 2 N–H and O–H groups in total. The molecule has 1 aromatic carbocycles. The number of aromatic hydroxyl groups is 1. The SMILES string of the molecule is Oc1c(Br)cccc1C1(O)CC1. The Bertz CT molecular complexity index is 318. The molecule has 0 saturated heterocycles. The first kappa shape index (κ1) is 8.08. The van der Waals surface area contributed by atoms with Crippen molar-refractivity contribution in [1.82, 2.24) is 0 Å². The summed E-state index contributed by atoms with van der Waals surface area (Å²) in [6.45, 7) is 0. The molecule has 2 nitrogen and oxygen atoms in total. The molecule has 1 aliphatic carbocycles. The van der Waals surface area contributed by atoms with Crippen molar-refractivity contribution in [3.05, 3.63) is 28.2 Å². The zero-order chi connectivity index (χ0) is 8.77. The first-order chi connectivity index (χ1) is 5.63. The Hall–Kier alpha value is -0.540. The molecule has 1 aromatic rings. The van der Waals surface area contributed by atoms with Gasteiger partial charge in [0.2, 0.25) is 0 Å². The lowest BCUT2D eigenvalue weighted by atomic mass is 10.1. The predicted octanol–water partition coefficient (Wildman–Crippen LogP) is 2.14. The Morgan fingerprint density at radius 1 is 1.33 bits per heavy atom. The van der Waals surface area contributed by atoms with Gasteiger partial charge in [-0.1, -0.05) is 12.1 Å². The summed E-state index contributed by atoms with van der Waals surface area (Å²) in [5.74, 6) is 0.164. The van der Waals surface area contributed by atoms with Gasteiger partial charge in [-0.2, -0.15) is 0 Å². The highest BCUT2D eigenvalue weighted by Crippen LogP contribution is 2.49. The van der Waals surface area contributed by atoms with Gasteiger partial charge in [0.1, 0.15) is 5.75 Å². The number of benzene rings is 1. The average molecular weight is 229 g/mol. The molecule has 0 bridgehead atoms. The average Bonchev–Trinajstić information content (AvgIpc) is 2.75. The van der Waals surface area contributed by atoms with Gasteiger partial charge in [0.25, 0.3) is 0 Å². The number of hydrogen-bond donors (Lipinski definition) is 2. The van der Waals surface area contributed by atoms with Crippen molar-refractivity contribution < 1.29 is 10.2 Å². The number of halogens is 1. The zero-order valence-corrected chi connectivity index (χ0v) is 8.00. The molecule has 0 spiro atoms. The number of para-hydroxylation sites is 1. The highest BCUT2D eigenvalue weighted by Gasteiger charge is 2.44. The van der Waals surface area contributed by atoms with Crippen LogP contribution in [0, 0.1) is 0 Å². The van der Waals surface area contributed by atoms with Crippen LogP contribution in [0.3, 0.4) is 0 Å². The van der Waals surface area contributed by atoms with Crippen molar-refractivity contribution in [3.63, 3.8) is 0 Å². The number of phenols is 1. The molecule has 0 heterocycles. The van der Waals surface area contributed by atoms with Gasteiger partial charge in [-0.3, -0.25) is 0 Å². The summed E-state index contributed by atoms with van der Waals surface area (Å²) in [6.07, 6.45) is 1.49. The maximum absolute atomic E-state index is 9.72. The second kappa shape index (κ2) is 2.47. The van der Waals surface area contributed by atoms with Crippen molar-refractivity contribution in [2.45, 2.75) is 18.4 Å². The second-order valence-electron chi connectivity index (χ2n) is 3.17. The van der Waals surface area contributed by atoms with E-state index in [9.17, 15) is 10.2 Å². The standard InChI is InChI=1S/C9H9BrO2/c10-7-3-1-2-6(8(7)11)9(12)4-5-9/h1-3,11-12H,4-5H2. The molecule has 0 atom stereocenters. The van der Waals surface area contributed by atoms with Crippen molar-refractivity contribution in [2.75, 3.05) is 0 Å². The van der Waals surface area contributed by atoms with E-state index in [1.54, 1.807) is 12.1 Å². The van der Waals surface area contributed by atoms with E-state index < -0.39 is 5.60 Å². The van der Waals surface area contributed by atoms with Gasteiger partial charge in [0, 0.05) is 5.56 Å². The molecule has 64 valence electrons. The van der Waals surface area contributed by atoms with Gasteiger partial charge in [-0.15, -0.1) is 0 Å². The maximum atomic E-state index is 9.72. The fourth-order valence-corrected chi connectivity index (χ4v) is 1.64. The Labute approximate surface area is 79.0 Å². The summed E-state index contributed by atoms with van der Waals surface area (Å²) in [7, 11) is 0. The first-order valence-corrected chi connectivity index (χ1v) is 4.63. The van der Waals surface area contributed by atoms with Crippen LogP contribution in [-0.4, -0.2) is 10.2 Å². The van der Waals surface area contributed by atoms with E-state index in [-0.39, 0.29) is 5.75 Å². The minimum Gasteiger partial charge on any atom is -0.506 e. The number of rotatable bonds is 1. The van der Waals surface area contributed by atoms with Crippen molar-refractivity contribution in [1.29, 1.82) is 0 Å². The summed E-state index contributed by atoms with van der Waals surface area (Å²) >= 11 is 3.21. The predicted molar refractivity (Wildman–Crippen MR) is 48.9 cm³/mol. The third kappa shape index (κ3) is 1.13. The van der Waals surface area contributed by atoms with Gasteiger partial charge >= 0.3 is 0 Å². The fourth-order valence-electron chi connectivity index (χ4n) is 1.28. The quantitative estimate of drug-likeness (QED) is 0.774. The van der Waals surface area contributed by atoms with Gasteiger partial charge in [-0.05, 0) is 34.8 Å². The summed E-state index contributed by atoms with van der Waals surface area (Å²) in [5.41, 5.74) is -0.120. The van der Waals surface area contributed by atoms with Crippen molar-refractivity contribution in [2.24, 2.45) is 0 Å². The van der Waals surface area contributed by atoms with Crippen molar-refractivity contribution >= 4 is 15.9 Å². The highest BCUT2D eigenvalue weighted by molar-refractivity contribution is 9.10. The summed E-state index contributed by atoms with van der Waals surface area (Å²) in [6, 6.07) is 5.33. The van der Waals surface area contributed by atoms with Crippen LogP contribution < -0.4 is 0 Å². The van der Waals surface area contributed by atoms with Crippen LogP contribution in [0.5, 0.6) is 5.75 Å². The topological polar surface area (TPSA) is 40.5 Å². The lowest BCUT2D eigenvalue weighted by Crippen LogP contribution is -2.04. The zero-order valence-electron chi connectivity index (χ0n) is 6.42. The Morgan fingerprint density at radius 2 is 2.00 bits per heavy atom. The summed E-state index contributed by atoms with van der Waals surface area (Å²) in [5, 5.41) is 19.3. The van der Waals surface area contributed by atoms with E-state index in [0.717, 1.165) is 12.8 Å². The molecule has 1 saturated carbocycles. The number of phenolic OH excluding ortho intramolecular Hbond substituents is 1. The van der Waals surface area contributed by atoms with E-state index in [4.69, 9.17) is 0 Å². The van der Waals surface area contributed by atoms with Crippen LogP contribution in [0.15, 0.2) is 22.7 Å². The van der Waals surface area contributed by atoms with Crippen molar-refractivity contribution in [3.8, 4) is 5.75 Å². The normalized spacial score (nSPS) is 19.2. The first-order valence-electron chi connectivity index (χ1n) is 3.84. The molecule has 0 amide bonds. The molecule has 12 heavy (non-hydrogen) atoms. The second-order valence-corrected chi connectivity index (χ2v) is 4.02. The summed E-state index contributed by atoms with van der Waals surface area (Å²) in [4.78, 5) is 0. The number of aliphatic hydroxyl groups is 1. The molecule has 0 radical (unpaired) electrons. The van der Waals surface area contributed by atoms with Crippen LogP contribution in [-0.2, 0) is 5.60 Å². The largest absolute Gasteiger partial charge is 0.506 e. The monoisotopic (exact) mass is 228 g/mol. The van der Waals surface area contributed by atoms with Crippen LogP contribution in [0.4, 0.5) is 0 Å². The minimum absolute atomic E-state index is 0.164. The van der Waals surface area contributed by atoms with Crippen LogP contribution in [0.2, 0.25) is 0 Å². The molecule has 1 fully saturated rings. The Morgan fingerprint density at radius 3 is 2.58 bits per heavy atom. The molecular weight excluding hydrogens is 220 g/mol. The van der Waals surface area contributed by atoms with Crippen LogP contribution in [0.1, 0.15) is 18.4 Å². The molecular formula is C9H9BrO2. The number of hydrogen-bond acceptors (Lipinski definition) is 2. The van der Waals surface area contributed by atoms with Gasteiger partial charge in [-0.25, -0.2) is 0 Å². The molecule has 3 heteroatoms. The molecule has 1 aliphatic rings. The van der Waals surface area contributed by atoms with Gasteiger partial charge in [0.05, 0.1) is 10.1 Å². The van der Waals surface area contributed by atoms with E-state index in [2.05, 4.69) is 15.9 Å². The molecule has 0 unspecified atom stereocenters. The maximum Gasteiger partial charge on any atom is 0.135 e. The van der Waals surface area contributed by atoms with Gasteiger partial charge in [0.15, 0.2) is 0 Å². The Kier molecular flexibility index (Phi) is 1.66. The van der Waals surface area contributed by atoms with Gasteiger partial charge < -0.3 is 10.2 Å². The van der Waals surface area contributed by atoms with E-state index in [0.29, 0.717) is 10.0 Å². The third-order valence-electron chi connectivity index (χ3n) is 2.21. The Balaban J connectivity index is 2.51. The molecule has 0 aromatic heterocycles. The van der Waals surface area contributed by atoms with Crippen LogP contribution in [0.25, 0.3) is 0 Å². The highest BCUT2D eigenvalue weighted by atomic mass is 79.9. The smallest absolute Gasteiger partial charge is 0.135 e. The summed E-state index contributed by atoms with van der Waals surface area (Å²) < 4.78 is 0.639. The molecule has 2 rings (SSSR count). The minimum atomic E-state index is -0.756. The lowest BCUT2D eigenvalue weighted by Gasteiger charge is -2.10. The van der Waals surface area contributed by atoms with E-state index >= 15 is 0 Å². The van der Waals surface area contributed by atoms with Crippen LogP contribution >= 0.6 is 15.9 Å². The molecule has 0 aliphatic heterocycles. The van der Waals surface area contributed by atoms with E-state index in [1.807, 2.05) is 6.07 Å². The third-order valence-corrected chi connectivity index (χ3v) is 2.85.